The molecule has 1 N–H and O–H groups in total. The van der Waals surface area contributed by atoms with Crippen LogP contribution in [0.25, 0.3) is 11.0 Å². The van der Waals surface area contributed by atoms with E-state index in [1.165, 1.54) is 12.1 Å². The first-order chi connectivity index (χ1) is 20.2. The van der Waals surface area contributed by atoms with Crippen molar-refractivity contribution in [1.82, 2.24) is 15.2 Å². The summed E-state index contributed by atoms with van der Waals surface area (Å²) in [4.78, 5) is 33.3. The van der Waals surface area contributed by atoms with E-state index in [1.54, 1.807) is 47.6 Å². The number of rotatable bonds is 6. The van der Waals surface area contributed by atoms with Crippen molar-refractivity contribution in [3.05, 3.63) is 89.9 Å². The van der Waals surface area contributed by atoms with Gasteiger partial charge in [-0.15, -0.1) is 0 Å². The fraction of sp³-hybridized carbons (Fsp3) is 0.323. The van der Waals surface area contributed by atoms with Gasteiger partial charge in [0.25, 0.3) is 11.8 Å². The molecule has 2 amide bonds. The van der Waals surface area contributed by atoms with Crippen molar-refractivity contribution >= 4 is 28.5 Å². The summed E-state index contributed by atoms with van der Waals surface area (Å²) in [6, 6.07) is 15.5. The number of carbonyl (C=O) groups is 2. The molecule has 11 heteroatoms. The van der Waals surface area contributed by atoms with Gasteiger partial charge in [-0.3, -0.25) is 14.6 Å². The van der Waals surface area contributed by atoms with E-state index in [4.69, 9.17) is 9.15 Å². The van der Waals surface area contributed by atoms with Crippen LogP contribution in [0.15, 0.2) is 77.5 Å². The second kappa shape index (κ2) is 11.4. The number of pyridine rings is 1. The summed E-state index contributed by atoms with van der Waals surface area (Å²) in [5, 5.41) is 3.71. The van der Waals surface area contributed by atoms with Crippen molar-refractivity contribution in [3.8, 4) is 5.75 Å². The van der Waals surface area contributed by atoms with Crippen LogP contribution in [-0.2, 0) is 6.18 Å². The van der Waals surface area contributed by atoms with Crippen LogP contribution in [0.1, 0.15) is 45.7 Å². The fourth-order valence-corrected chi connectivity index (χ4v) is 5.49. The second-order valence-corrected chi connectivity index (χ2v) is 10.6. The lowest BCUT2D eigenvalue weighted by molar-refractivity contribution is -0.137. The third kappa shape index (κ3) is 6.05. The van der Waals surface area contributed by atoms with Gasteiger partial charge in [-0.1, -0.05) is 0 Å². The third-order valence-electron chi connectivity index (χ3n) is 7.75. The lowest BCUT2D eigenvalue weighted by atomic mass is 10.1. The number of amides is 2. The molecule has 4 heterocycles. The number of piperidine rings is 1. The van der Waals surface area contributed by atoms with E-state index in [9.17, 15) is 22.8 Å². The lowest BCUT2D eigenvalue weighted by Gasteiger charge is -2.33. The number of ether oxygens (including phenoxy) is 1. The summed E-state index contributed by atoms with van der Waals surface area (Å²) in [7, 11) is 0. The van der Waals surface area contributed by atoms with E-state index in [2.05, 4.69) is 15.2 Å². The molecule has 1 unspecified atom stereocenters. The molecule has 0 aliphatic carbocycles. The summed E-state index contributed by atoms with van der Waals surface area (Å²) in [6.45, 7) is 2.31. The second-order valence-electron chi connectivity index (χ2n) is 10.6. The van der Waals surface area contributed by atoms with E-state index in [0.29, 0.717) is 49.5 Å². The van der Waals surface area contributed by atoms with Crippen molar-refractivity contribution in [1.29, 1.82) is 0 Å². The van der Waals surface area contributed by atoms with E-state index in [1.807, 2.05) is 6.07 Å². The monoisotopic (exact) mass is 578 g/mol. The zero-order chi connectivity index (χ0) is 29.3. The molecule has 0 spiro atoms. The molecule has 0 saturated carbocycles. The number of alkyl halides is 3. The Labute approximate surface area is 240 Å². The number of benzene rings is 2. The van der Waals surface area contributed by atoms with E-state index < -0.39 is 11.7 Å². The minimum atomic E-state index is -4.35. The number of fused-ring (bicyclic) bond motifs is 1. The number of aromatic nitrogens is 1. The molecule has 0 bridgehead atoms. The van der Waals surface area contributed by atoms with Crippen LogP contribution < -0.4 is 15.0 Å². The molecule has 2 aromatic heterocycles. The highest BCUT2D eigenvalue weighted by Crippen LogP contribution is 2.32. The molecule has 6 rings (SSSR count). The molecule has 2 fully saturated rings. The Morgan fingerprint density at radius 3 is 2.38 bits per heavy atom. The summed E-state index contributed by atoms with van der Waals surface area (Å²) >= 11 is 0. The maximum absolute atomic E-state index is 12.9. The Balaban J connectivity index is 1.02. The number of nitrogens with zero attached hydrogens (tertiary/aromatic N) is 3. The van der Waals surface area contributed by atoms with Gasteiger partial charge in [0, 0.05) is 74.1 Å². The molecular formula is C31H29F3N4O4. The molecule has 2 aromatic carbocycles. The Kier molecular flexibility index (Phi) is 7.49. The molecule has 2 saturated heterocycles. The van der Waals surface area contributed by atoms with Crippen molar-refractivity contribution in [2.75, 3.05) is 31.1 Å². The average Bonchev–Trinajstić information content (AvgIpc) is 3.64. The molecular weight excluding hydrogens is 549 g/mol. The largest absolute Gasteiger partial charge is 0.490 e. The predicted octanol–water partition coefficient (Wildman–Crippen LogP) is 5.54. The fourth-order valence-electron chi connectivity index (χ4n) is 5.49. The smallest absolute Gasteiger partial charge is 0.416 e. The molecule has 218 valence electrons. The highest BCUT2D eigenvalue weighted by atomic mass is 19.4. The van der Waals surface area contributed by atoms with Gasteiger partial charge in [-0.25, -0.2) is 0 Å². The van der Waals surface area contributed by atoms with Crippen molar-refractivity contribution < 1.29 is 31.9 Å². The predicted molar refractivity (Wildman–Crippen MR) is 150 cm³/mol. The molecule has 1 atom stereocenters. The standard InChI is InChI=1S/C31H29F3N4O4/c32-31(33,34)22-1-3-24(4-2-22)37-15-10-25(11-16-37)41-26-5-6-27-21(17-26)18-28(42-27)29(39)36-23-9-14-38(19-23)30(40)20-7-12-35-13-8-20/h1-8,12-13,17-18,23,25H,9-11,14-16,19H2,(H,36,39). The Hall–Kier alpha value is -4.54. The SMILES string of the molecule is O=C(NC1CCN(C(=O)c2ccncc2)C1)c1cc2cc(OC3CCN(c4ccc(C(F)(F)F)cc4)CC3)ccc2o1. The van der Waals surface area contributed by atoms with Crippen LogP contribution in [0.4, 0.5) is 18.9 Å². The van der Waals surface area contributed by atoms with Crippen LogP contribution >= 0.6 is 0 Å². The summed E-state index contributed by atoms with van der Waals surface area (Å²) in [5.74, 6) is 0.415. The van der Waals surface area contributed by atoms with Crippen molar-refractivity contribution in [2.24, 2.45) is 0 Å². The minimum Gasteiger partial charge on any atom is -0.490 e. The number of nitrogens with one attached hydrogen (secondary N) is 1. The Morgan fingerprint density at radius 1 is 0.929 bits per heavy atom. The highest BCUT2D eigenvalue weighted by Gasteiger charge is 2.31. The molecule has 2 aliphatic heterocycles. The molecule has 2 aliphatic rings. The Morgan fingerprint density at radius 2 is 1.67 bits per heavy atom. The summed E-state index contributed by atoms with van der Waals surface area (Å²) in [6.07, 6.45) is 0.869. The molecule has 8 nitrogen and oxygen atoms in total. The zero-order valence-electron chi connectivity index (χ0n) is 22.6. The van der Waals surface area contributed by atoms with E-state index in [0.717, 1.165) is 36.0 Å². The highest BCUT2D eigenvalue weighted by molar-refractivity contribution is 5.97. The van der Waals surface area contributed by atoms with Crippen LogP contribution in [0.2, 0.25) is 0 Å². The van der Waals surface area contributed by atoms with Gasteiger partial charge in [0.1, 0.15) is 17.4 Å². The molecule has 0 radical (unpaired) electrons. The number of halogens is 3. The number of hydrogen-bond donors (Lipinski definition) is 1. The van der Waals surface area contributed by atoms with E-state index >= 15 is 0 Å². The quantitative estimate of drug-likeness (QED) is 0.323. The first kappa shape index (κ1) is 27.6. The van der Waals surface area contributed by atoms with Gasteiger partial charge in [0.15, 0.2) is 5.76 Å². The zero-order valence-corrected chi connectivity index (χ0v) is 22.6. The first-order valence-electron chi connectivity index (χ1n) is 13.9. The van der Waals surface area contributed by atoms with Gasteiger partial charge in [-0.05, 0) is 67.1 Å². The van der Waals surface area contributed by atoms with Gasteiger partial charge in [-0.2, -0.15) is 13.2 Å². The van der Waals surface area contributed by atoms with E-state index in [-0.39, 0.29) is 29.7 Å². The molecule has 42 heavy (non-hydrogen) atoms. The summed E-state index contributed by atoms with van der Waals surface area (Å²) in [5.41, 5.74) is 1.23. The number of carbonyl (C=O) groups excluding carboxylic acids is 2. The minimum absolute atomic E-state index is 0.0389. The number of furan rings is 1. The summed E-state index contributed by atoms with van der Waals surface area (Å²) < 4.78 is 50.6. The number of anilines is 1. The van der Waals surface area contributed by atoms with Crippen molar-refractivity contribution in [2.45, 2.75) is 37.6 Å². The maximum atomic E-state index is 12.9. The first-order valence-corrected chi connectivity index (χ1v) is 13.9. The number of hydrogen-bond acceptors (Lipinski definition) is 6. The van der Waals surface area contributed by atoms with Crippen molar-refractivity contribution in [3.63, 3.8) is 0 Å². The van der Waals surface area contributed by atoms with Crippen LogP contribution in [0.5, 0.6) is 5.75 Å². The lowest BCUT2D eigenvalue weighted by Crippen LogP contribution is -2.38. The third-order valence-corrected chi connectivity index (χ3v) is 7.75. The van der Waals surface area contributed by atoms with Gasteiger partial charge < -0.3 is 24.3 Å². The van der Waals surface area contributed by atoms with Crippen LogP contribution in [0.3, 0.4) is 0 Å². The maximum Gasteiger partial charge on any atom is 0.416 e. The molecule has 4 aromatic rings. The normalized spacial score (nSPS) is 17.9. The topological polar surface area (TPSA) is 87.9 Å². The van der Waals surface area contributed by atoms with Gasteiger partial charge in [0.2, 0.25) is 0 Å². The van der Waals surface area contributed by atoms with Gasteiger partial charge >= 0.3 is 6.18 Å². The average molecular weight is 579 g/mol. The van der Waals surface area contributed by atoms with Crippen LogP contribution in [0, 0.1) is 0 Å². The van der Waals surface area contributed by atoms with Crippen LogP contribution in [-0.4, -0.2) is 60.0 Å². The Bertz CT molecular complexity index is 1560. The number of likely N-dealkylation sites (tertiary alicyclic amines) is 1. The van der Waals surface area contributed by atoms with Gasteiger partial charge in [0.05, 0.1) is 5.56 Å².